The number of fused-ring (bicyclic) bond motifs is 1. The summed E-state index contributed by atoms with van der Waals surface area (Å²) in [7, 11) is 0. The minimum atomic E-state index is -3.03. The Morgan fingerprint density at radius 3 is 2.27 bits per heavy atom. The summed E-state index contributed by atoms with van der Waals surface area (Å²) in [6, 6.07) is 12.1. The van der Waals surface area contributed by atoms with E-state index in [0.717, 1.165) is 0 Å². The van der Waals surface area contributed by atoms with Crippen LogP contribution >= 0.6 is 11.3 Å². The third-order valence-electron chi connectivity index (χ3n) is 4.91. The number of hydrogen-bond donors (Lipinski definition) is 0. The van der Waals surface area contributed by atoms with Gasteiger partial charge in [-0.3, -0.25) is 9.59 Å². The van der Waals surface area contributed by atoms with Gasteiger partial charge in [0.05, 0.1) is 10.4 Å². The molecule has 3 aromatic rings. The number of piperazine rings is 1. The monoisotopic (exact) mass is 434 g/mol. The highest BCUT2D eigenvalue weighted by atomic mass is 32.1. The predicted octanol–water partition coefficient (Wildman–Crippen LogP) is 4.24. The first-order valence-electron chi connectivity index (χ1n) is 9.24. The highest BCUT2D eigenvalue weighted by Gasteiger charge is 2.28. The lowest BCUT2D eigenvalue weighted by Crippen LogP contribution is -2.50. The molecule has 0 aliphatic carbocycles. The van der Waals surface area contributed by atoms with Gasteiger partial charge in [0.2, 0.25) is 0 Å². The van der Waals surface area contributed by atoms with Crippen molar-refractivity contribution in [1.82, 2.24) is 9.80 Å². The van der Waals surface area contributed by atoms with Gasteiger partial charge in [-0.05, 0) is 30.3 Å². The van der Waals surface area contributed by atoms with Crippen LogP contribution < -0.4 is 4.74 Å². The van der Waals surface area contributed by atoms with Crippen molar-refractivity contribution >= 4 is 33.2 Å². The highest BCUT2D eigenvalue weighted by Crippen LogP contribution is 2.29. The molecule has 1 aromatic heterocycles. The van der Waals surface area contributed by atoms with E-state index < -0.39 is 12.5 Å². The number of rotatable bonds is 4. The first kappa shape index (κ1) is 20.2. The lowest BCUT2D eigenvalue weighted by molar-refractivity contribution is -0.0503. The number of benzene rings is 2. The molecule has 0 saturated carbocycles. The molecule has 0 spiro atoms. The molecule has 2 amide bonds. The van der Waals surface area contributed by atoms with Gasteiger partial charge in [0, 0.05) is 36.3 Å². The van der Waals surface area contributed by atoms with Crippen LogP contribution in [0.2, 0.25) is 0 Å². The average molecular weight is 434 g/mol. The third-order valence-corrected chi connectivity index (χ3v) is 5.99. The molecule has 2 aromatic carbocycles. The predicted molar refractivity (Wildman–Crippen MR) is 107 cm³/mol. The number of carbonyl (C=O) groups is 2. The Kier molecular flexibility index (Phi) is 5.63. The van der Waals surface area contributed by atoms with E-state index in [4.69, 9.17) is 0 Å². The highest BCUT2D eigenvalue weighted by molar-refractivity contribution is 7.20. The Hall–Kier alpha value is -3.07. The minimum Gasteiger partial charge on any atom is -0.434 e. The minimum absolute atomic E-state index is 0.0533. The smallest absolute Gasteiger partial charge is 0.387 e. The number of ether oxygens (including phenoxy) is 1. The Morgan fingerprint density at radius 2 is 1.60 bits per heavy atom. The standard InChI is InChI=1S/C21H17F3N2O3S/c22-15-5-3-7-17-14(15)12-18(30-17)20(28)26-10-8-25(9-11-26)19(27)13-4-1-2-6-16(13)29-21(23)24/h1-7,12,21H,8-11H2. The molecular weight excluding hydrogens is 417 g/mol. The van der Waals surface area contributed by atoms with E-state index in [2.05, 4.69) is 4.74 Å². The topological polar surface area (TPSA) is 49.9 Å². The van der Waals surface area contributed by atoms with Gasteiger partial charge in [0.15, 0.2) is 0 Å². The molecule has 1 aliphatic heterocycles. The molecule has 0 atom stereocenters. The van der Waals surface area contributed by atoms with E-state index in [0.29, 0.717) is 28.1 Å². The molecule has 30 heavy (non-hydrogen) atoms. The lowest BCUT2D eigenvalue weighted by atomic mass is 10.1. The average Bonchev–Trinajstić information content (AvgIpc) is 3.19. The molecule has 1 saturated heterocycles. The van der Waals surface area contributed by atoms with Crippen molar-refractivity contribution < 1.29 is 27.5 Å². The molecule has 0 unspecified atom stereocenters. The Morgan fingerprint density at radius 1 is 0.933 bits per heavy atom. The van der Waals surface area contributed by atoms with Crippen LogP contribution in [0, 0.1) is 5.82 Å². The van der Waals surface area contributed by atoms with Crippen molar-refractivity contribution in [3.63, 3.8) is 0 Å². The molecule has 156 valence electrons. The summed E-state index contributed by atoms with van der Waals surface area (Å²) in [5.74, 6) is -1.20. The van der Waals surface area contributed by atoms with E-state index in [9.17, 15) is 22.8 Å². The van der Waals surface area contributed by atoms with E-state index in [-0.39, 0.29) is 36.1 Å². The molecule has 0 bridgehead atoms. The fraction of sp³-hybridized carbons (Fsp3) is 0.238. The van der Waals surface area contributed by atoms with Gasteiger partial charge >= 0.3 is 6.61 Å². The molecule has 5 nitrogen and oxygen atoms in total. The van der Waals surface area contributed by atoms with Crippen molar-refractivity contribution in [3.05, 3.63) is 64.8 Å². The van der Waals surface area contributed by atoms with Crippen LogP contribution in [0.1, 0.15) is 20.0 Å². The van der Waals surface area contributed by atoms with Gasteiger partial charge < -0.3 is 14.5 Å². The molecule has 0 N–H and O–H groups in total. The molecular formula is C21H17F3N2O3S. The summed E-state index contributed by atoms with van der Waals surface area (Å²) in [5.41, 5.74) is 0.0533. The zero-order valence-electron chi connectivity index (χ0n) is 15.7. The van der Waals surface area contributed by atoms with Gasteiger partial charge in [-0.1, -0.05) is 18.2 Å². The van der Waals surface area contributed by atoms with Gasteiger partial charge in [0.25, 0.3) is 11.8 Å². The number of carbonyl (C=O) groups excluding carboxylic acids is 2. The van der Waals surface area contributed by atoms with Crippen LogP contribution in [-0.2, 0) is 0 Å². The number of alkyl halides is 2. The largest absolute Gasteiger partial charge is 0.434 e. The van der Waals surface area contributed by atoms with Crippen LogP contribution in [0.15, 0.2) is 48.5 Å². The first-order valence-corrected chi connectivity index (χ1v) is 10.1. The number of para-hydroxylation sites is 1. The molecule has 9 heteroatoms. The number of thiophene rings is 1. The van der Waals surface area contributed by atoms with E-state index in [1.165, 1.54) is 40.5 Å². The molecule has 1 aliphatic rings. The molecule has 1 fully saturated rings. The molecule has 4 rings (SSSR count). The summed E-state index contributed by atoms with van der Waals surface area (Å²) in [4.78, 5) is 29.1. The maximum absolute atomic E-state index is 13.9. The Bertz CT molecular complexity index is 1090. The van der Waals surface area contributed by atoms with Crippen LogP contribution in [0.25, 0.3) is 10.1 Å². The normalized spacial score (nSPS) is 14.4. The number of amides is 2. The van der Waals surface area contributed by atoms with Gasteiger partial charge in [-0.2, -0.15) is 8.78 Å². The Balaban J connectivity index is 1.44. The van der Waals surface area contributed by atoms with Crippen LogP contribution in [0.4, 0.5) is 13.2 Å². The van der Waals surface area contributed by atoms with E-state index in [1.807, 2.05) is 0 Å². The van der Waals surface area contributed by atoms with Crippen molar-refractivity contribution in [2.75, 3.05) is 26.2 Å². The third kappa shape index (κ3) is 3.97. The number of halogens is 3. The molecule has 2 heterocycles. The van der Waals surface area contributed by atoms with Gasteiger partial charge in [-0.15, -0.1) is 11.3 Å². The summed E-state index contributed by atoms with van der Waals surface area (Å²) in [6.45, 7) is -1.93. The summed E-state index contributed by atoms with van der Waals surface area (Å²) in [6.07, 6.45) is 0. The fourth-order valence-electron chi connectivity index (χ4n) is 3.41. The van der Waals surface area contributed by atoms with Crippen molar-refractivity contribution in [2.45, 2.75) is 6.61 Å². The SMILES string of the molecule is O=C(c1cc2c(F)cccc2s1)N1CCN(C(=O)c2ccccc2OC(F)F)CC1. The van der Waals surface area contributed by atoms with Crippen molar-refractivity contribution in [3.8, 4) is 5.75 Å². The van der Waals surface area contributed by atoms with Crippen LogP contribution in [0.5, 0.6) is 5.75 Å². The lowest BCUT2D eigenvalue weighted by Gasteiger charge is -2.34. The summed E-state index contributed by atoms with van der Waals surface area (Å²) < 4.78 is 44.2. The quantitative estimate of drug-likeness (QED) is 0.617. The van der Waals surface area contributed by atoms with Crippen molar-refractivity contribution in [1.29, 1.82) is 0 Å². The van der Waals surface area contributed by atoms with E-state index in [1.54, 1.807) is 29.2 Å². The van der Waals surface area contributed by atoms with Gasteiger partial charge in [-0.25, -0.2) is 4.39 Å². The van der Waals surface area contributed by atoms with Crippen LogP contribution in [0.3, 0.4) is 0 Å². The zero-order chi connectivity index (χ0) is 21.3. The van der Waals surface area contributed by atoms with Crippen LogP contribution in [-0.4, -0.2) is 54.4 Å². The van der Waals surface area contributed by atoms with Crippen molar-refractivity contribution in [2.24, 2.45) is 0 Å². The first-order chi connectivity index (χ1) is 14.4. The maximum atomic E-state index is 13.9. The number of hydrogen-bond acceptors (Lipinski definition) is 4. The Labute approximate surface area is 174 Å². The maximum Gasteiger partial charge on any atom is 0.387 e. The van der Waals surface area contributed by atoms with E-state index >= 15 is 0 Å². The number of nitrogens with zero attached hydrogens (tertiary/aromatic N) is 2. The second-order valence-corrected chi connectivity index (χ2v) is 7.81. The summed E-state index contributed by atoms with van der Waals surface area (Å²) >= 11 is 1.23. The molecule has 0 radical (unpaired) electrons. The van der Waals surface area contributed by atoms with Gasteiger partial charge in [0.1, 0.15) is 11.6 Å². The second kappa shape index (κ2) is 8.35. The second-order valence-electron chi connectivity index (χ2n) is 6.72. The zero-order valence-corrected chi connectivity index (χ0v) is 16.5. The fourth-order valence-corrected chi connectivity index (χ4v) is 4.45. The summed E-state index contributed by atoms with van der Waals surface area (Å²) in [5, 5.41) is 0.412.